The predicted molar refractivity (Wildman–Crippen MR) is 103 cm³/mol. The maximum absolute atomic E-state index is 12.9. The quantitative estimate of drug-likeness (QED) is 0.664. The lowest BCUT2D eigenvalue weighted by atomic mass is 9.96. The van der Waals surface area contributed by atoms with Crippen LogP contribution < -0.4 is 9.80 Å². The third-order valence-corrected chi connectivity index (χ3v) is 5.39. The number of aryl methyl sites for hydroxylation is 1. The Morgan fingerprint density at radius 1 is 1.14 bits per heavy atom. The maximum atomic E-state index is 12.9. The Balaban J connectivity index is 1.40. The molecule has 4 heterocycles. The summed E-state index contributed by atoms with van der Waals surface area (Å²) in [6.45, 7) is 4.18. The van der Waals surface area contributed by atoms with Crippen LogP contribution in [0.3, 0.4) is 0 Å². The Morgan fingerprint density at radius 3 is 2.62 bits per heavy atom. The van der Waals surface area contributed by atoms with Crippen LogP contribution in [0.5, 0.6) is 0 Å². The molecule has 0 aliphatic carbocycles. The van der Waals surface area contributed by atoms with E-state index in [1.807, 2.05) is 17.5 Å². The molecule has 10 heteroatoms. The molecule has 0 radical (unpaired) electrons. The van der Waals surface area contributed by atoms with Crippen LogP contribution in [0.25, 0.3) is 5.65 Å². The van der Waals surface area contributed by atoms with Crippen molar-refractivity contribution in [2.75, 3.05) is 36.5 Å². The summed E-state index contributed by atoms with van der Waals surface area (Å²) < 4.78 is 40.7. The molecule has 0 aromatic carbocycles. The van der Waals surface area contributed by atoms with Gasteiger partial charge in [0.25, 0.3) is 0 Å². The molecule has 3 aromatic rings. The summed E-state index contributed by atoms with van der Waals surface area (Å²) in [4.78, 5) is 12.6. The third-order valence-electron chi connectivity index (χ3n) is 5.39. The molecule has 0 bridgehead atoms. The van der Waals surface area contributed by atoms with Crippen LogP contribution in [0.4, 0.5) is 24.8 Å². The van der Waals surface area contributed by atoms with Crippen LogP contribution in [-0.2, 0) is 6.18 Å². The number of rotatable bonds is 4. The van der Waals surface area contributed by atoms with Crippen LogP contribution in [0.15, 0.2) is 30.7 Å². The highest BCUT2D eigenvalue weighted by Crippen LogP contribution is 2.31. The molecule has 1 fully saturated rings. The standard InChI is InChI=1S/C19H22F3N7/c1-13-25-26-18-17(24-7-10-29(13)18)28-8-4-14(5-9-28)12-27(2)16-11-15(3-6-23-16)19(20,21)22/h3,6-7,10-11,14H,4-5,8-9,12H2,1-2H3. The summed E-state index contributed by atoms with van der Waals surface area (Å²) in [5, 5.41) is 8.34. The first-order valence-electron chi connectivity index (χ1n) is 9.48. The molecule has 0 saturated carbocycles. The summed E-state index contributed by atoms with van der Waals surface area (Å²) in [5.41, 5.74) is 0.0701. The second-order valence-electron chi connectivity index (χ2n) is 7.40. The third kappa shape index (κ3) is 3.96. The molecular weight excluding hydrogens is 383 g/mol. The van der Waals surface area contributed by atoms with Gasteiger partial charge in [-0.1, -0.05) is 0 Å². The lowest BCUT2D eigenvalue weighted by Crippen LogP contribution is -2.38. The maximum Gasteiger partial charge on any atom is 0.416 e. The van der Waals surface area contributed by atoms with Crippen molar-refractivity contribution in [3.63, 3.8) is 0 Å². The molecule has 3 aromatic heterocycles. The van der Waals surface area contributed by atoms with Crippen molar-refractivity contribution < 1.29 is 13.2 Å². The number of piperidine rings is 1. The lowest BCUT2D eigenvalue weighted by Gasteiger charge is -2.34. The fourth-order valence-corrected chi connectivity index (χ4v) is 3.76. The number of nitrogens with zero attached hydrogens (tertiary/aromatic N) is 7. The lowest BCUT2D eigenvalue weighted by molar-refractivity contribution is -0.137. The molecule has 1 saturated heterocycles. The zero-order valence-electron chi connectivity index (χ0n) is 16.3. The first-order chi connectivity index (χ1) is 13.8. The minimum Gasteiger partial charge on any atom is -0.359 e. The van der Waals surface area contributed by atoms with E-state index in [2.05, 4.69) is 25.1 Å². The van der Waals surface area contributed by atoms with Gasteiger partial charge in [-0.15, -0.1) is 10.2 Å². The van der Waals surface area contributed by atoms with Gasteiger partial charge in [0, 0.05) is 45.3 Å². The molecule has 0 unspecified atom stereocenters. The van der Waals surface area contributed by atoms with Crippen molar-refractivity contribution in [2.24, 2.45) is 5.92 Å². The number of aromatic nitrogens is 5. The van der Waals surface area contributed by atoms with Crippen molar-refractivity contribution in [3.05, 3.63) is 42.1 Å². The number of alkyl halides is 3. The van der Waals surface area contributed by atoms with Gasteiger partial charge in [0.1, 0.15) is 11.6 Å². The number of fused-ring (bicyclic) bond motifs is 1. The molecule has 29 heavy (non-hydrogen) atoms. The second-order valence-corrected chi connectivity index (χ2v) is 7.40. The van der Waals surface area contributed by atoms with Crippen molar-refractivity contribution in [1.82, 2.24) is 24.6 Å². The van der Waals surface area contributed by atoms with Gasteiger partial charge in [-0.25, -0.2) is 9.97 Å². The number of hydrogen-bond donors (Lipinski definition) is 0. The molecule has 0 atom stereocenters. The van der Waals surface area contributed by atoms with E-state index in [4.69, 9.17) is 0 Å². The second kappa shape index (κ2) is 7.49. The van der Waals surface area contributed by atoms with E-state index in [1.54, 1.807) is 18.1 Å². The van der Waals surface area contributed by atoms with Crippen LogP contribution in [0.1, 0.15) is 24.2 Å². The van der Waals surface area contributed by atoms with Crippen molar-refractivity contribution in [3.8, 4) is 0 Å². The summed E-state index contributed by atoms with van der Waals surface area (Å²) >= 11 is 0. The SMILES string of the molecule is Cc1nnc2c(N3CCC(CN(C)c4cc(C(F)(F)F)ccn4)CC3)nccn12. The molecule has 154 valence electrons. The smallest absolute Gasteiger partial charge is 0.359 e. The topological polar surface area (TPSA) is 62.5 Å². The number of pyridine rings is 1. The van der Waals surface area contributed by atoms with E-state index in [1.165, 1.54) is 6.20 Å². The van der Waals surface area contributed by atoms with Crippen LogP contribution in [0, 0.1) is 12.8 Å². The molecule has 0 N–H and O–H groups in total. The van der Waals surface area contributed by atoms with E-state index in [-0.39, 0.29) is 0 Å². The molecule has 1 aliphatic heterocycles. The van der Waals surface area contributed by atoms with E-state index < -0.39 is 11.7 Å². The molecule has 1 aliphatic rings. The number of anilines is 2. The summed E-state index contributed by atoms with van der Waals surface area (Å²) in [6.07, 6.45) is 2.27. The van der Waals surface area contributed by atoms with Gasteiger partial charge in [0.15, 0.2) is 5.82 Å². The van der Waals surface area contributed by atoms with Gasteiger partial charge < -0.3 is 9.80 Å². The van der Waals surface area contributed by atoms with Gasteiger partial charge in [-0.3, -0.25) is 4.40 Å². The number of halogens is 3. The predicted octanol–water partition coefficient (Wildman–Crippen LogP) is 3.20. The minimum absolute atomic E-state index is 0.340. The Labute approximate surface area is 166 Å². The summed E-state index contributed by atoms with van der Waals surface area (Å²) in [6, 6.07) is 2.10. The van der Waals surface area contributed by atoms with E-state index in [9.17, 15) is 13.2 Å². The van der Waals surface area contributed by atoms with E-state index in [0.717, 1.165) is 55.4 Å². The van der Waals surface area contributed by atoms with Gasteiger partial charge >= 0.3 is 6.18 Å². The summed E-state index contributed by atoms with van der Waals surface area (Å²) in [7, 11) is 1.79. The fourth-order valence-electron chi connectivity index (χ4n) is 3.76. The monoisotopic (exact) mass is 405 g/mol. The zero-order valence-corrected chi connectivity index (χ0v) is 16.3. The highest BCUT2D eigenvalue weighted by Gasteiger charge is 2.31. The average Bonchev–Trinajstić information content (AvgIpc) is 3.09. The van der Waals surface area contributed by atoms with Crippen LogP contribution in [0.2, 0.25) is 0 Å². The van der Waals surface area contributed by atoms with Crippen molar-refractivity contribution in [2.45, 2.75) is 25.9 Å². The Morgan fingerprint density at radius 2 is 1.90 bits per heavy atom. The largest absolute Gasteiger partial charge is 0.416 e. The fraction of sp³-hybridized carbons (Fsp3) is 0.474. The highest BCUT2D eigenvalue weighted by atomic mass is 19.4. The first-order valence-corrected chi connectivity index (χ1v) is 9.48. The van der Waals surface area contributed by atoms with Gasteiger partial charge in [-0.05, 0) is 37.8 Å². The van der Waals surface area contributed by atoms with Crippen molar-refractivity contribution in [1.29, 1.82) is 0 Å². The van der Waals surface area contributed by atoms with Crippen molar-refractivity contribution >= 4 is 17.3 Å². The normalized spacial score (nSPS) is 15.8. The van der Waals surface area contributed by atoms with Gasteiger partial charge in [0.05, 0.1) is 5.56 Å². The summed E-state index contributed by atoms with van der Waals surface area (Å²) in [5.74, 6) is 2.34. The van der Waals surface area contributed by atoms with E-state index in [0.29, 0.717) is 18.3 Å². The zero-order chi connectivity index (χ0) is 20.6. The molecule has 7 nitrogen and oxygen atoms in total. The highest BCUT2D eigenvalue weighted by molar-refractivity contribution is 5.63. The Kier molecular flexibility index (Phi) is 5.01. The average molecular weight is 405 g/mol. The Hall–Kier alpha value is -2.91. The first kappa shape index (κ1) is 19.4. The van der Waals surface area contributed by atoms with Crippen LogP contribution >= 0.6 is 0 Å². The van der Waals surface area contributed by atoms with Gasteiger partial charge in [-0.2, -0.15) is 13.2 Å². The minimum atomic E-state index is -4.36. The van der Waals surface area contributed by atoms with E-state index >= 15 is 0 Å². The molecule has 4 rings (SSSR count). The molecular formula is C19H22F3N7. The molecule has 0 amide bonds. The Bertz CT molecular complexity index is 993. The van der Waals surface area contributed by atoms with Crippen LogP contribution in [-0.4, -0.2) is 51.2 Å². The number of hydrogen-bond acceptors (Lipinski definition) is 6. The van der Waals surface area contributed by atoms with Gasteiger partial charge in [0.2, 0.25) is 5.65 Å². The molecule has 0 spiro atoms.